The zero-order valence-electron chi connectivity index (χ0n) is 16.4. The highest BCUT2D eigenvalue weighted by atomic mass is 16.5. The summed E-state index contributed by atoms with van der Waals surface area (Å²) in [6.07, 6.45) is 4.70. The van der Waals surface area contributed by atoms with Gasteiger partial charge in [-0.2, -0.15) is 0 Å². The Labute approximate surface area is 165 Å². The standard InChI is InChI=1S/C20H29N5O3/c1-2-28-13-5-8-21-20(27)22-9-12-25-15-23-17-14-16(6-7-18(17)25)19(26)24-10-3-4-11-24/h6-7,14-15H,2-5,8-13H2,1H3,(H2,21,22,27). The number of carbonyl (C=O) groups is 2. The molecule has 3 amide bonds. The summed E-state index contributed by atoms with van der Waals surface area (Å²) < 4.78 is 7.21. The molecule has 8 heteroatoms. The van der Waals surface area contributed by atoms with Crippen LogP contribution in [0.15, 0.2) is 24.5 Å². The molecule has 0 aliphatic carbocycles. The van der Waals surface area contributed by atoms with Crippen LogP contribution in [0.1, 0.15) is 36.5 Å². The van der Waals surface area contributed by atoms with Crippen LogP contribution < -0.4 is 10.6 Å². The molecule has 2 aromatic rings. The van der Waals surface area contributed by atoms with E-state index in [0.29, 0.717) is 38.4 Å². The minimum Gasteiger partial charge on any atom is -0.382 e. The van der Waals surface area contributed by atoms with Gasteiger partial charge in [0.05, 0.1) is 17.4 Å². The summed E-state index contributed by atoms with van der Waals surface area (Å²) in [6.45, 7) is 6.67. The van der Waals surface area contributed by atoms with Gasteiger partial charge in [-0.3, -0.25) is 4.79 Å². The molecular formula is C20H29N5O3. The number of nitrogens with one attached hydrogen (secondary N) is 2. The van der Waals surface area contributed by atoms with Crippen LogP contribution in [0, 0.1) is 0 Å². The van der Waals surface area contributed by atoms with Crippen LogP contribution in [0.4, 0.5) is 4.79 Å². The lowest BCUT2D eigenvalue weighted by Gasteiger charge is -2.15. The molecule has 0 radical (unpaired) electrons. The third-order valence-corrected chi connectivity index (χ3v) is 4.85. The van der Waals surface area contributed by atoms with E-state index in [9.17, 15) is 9.59 Å². The SMILES string of the molecule is CCOCCCNC(=O)NCCn1cnc2cc(C(=O)N3CCCC3)ccc21. The second-order valence-corrected chi connectivity index (χ2v) is 6.87. The van der Waals surface area contributed by atoms with Crippen LogP contribution in [0.3, 0.4) is 0 Å². The molecule has 1 fully saturated rings. The highest BCUT2D eigenvalue weighted by molar-refractivity contribution is 5.97. The molecule has 2 N–H and O–H groups in total. The predicted octanol–water partition coefficient (Wildman–Crippen LogP) is 2.00. The number of aromatic nitrogens is 2. The Hall–Kier alpha value is -2.61. The number of ether oxygens (including phenoxy) is 1. The molecule has 1 saturated heterocycles. The van der Waals surface area contributed by atoms with Crippen molar-refractivity contribution in [3.63, 3.8) is 0 Å². The zero-order chi connectivity index (χ0) is 19.8. The normalized spacial score (nSPS) is 13.8. The minimum absolute atomic E-state index is 0.0802. The maximum Gasteiger partial charge on any atom is 0.314 e. The van der Waals surface area contributed by atoms with Gasteiger partial charge in [-0.25, -0.2) is 9.78 Å². The molecule has 0 atom stereocenters. The van der Waals surface area contributed by atoms with Gasteiger partial charge in [-0.05, 0) is 44.4 Å². The minimum atomic E-state index is -0.181. The van der Waals surface area contributed by atoms with Gasteiger partial charge in [0.1, 0.15) is 0 Å². The number of amides is 3. The van der Waals surface area contributed by atoms with E-state index in [4.69, 9.17) is 4.74 Å². The number of hydrogen-bond donors (Lipinski definition) is 2. The summed E-state index contributed by atoms with van der Waals surface area (Å²) in [5.74, 6) is 0.0802. The first-order chi connectivity index (χ1) is 13.7. The van der Waals surface area contributed by atoms with Crippen LogP contribution in [0.2, 0.25) is 0 Å². The molecule has 0 saturated carbocycles. The number of rotatable bonds is 9. The monoisotopic (exact) mass is 387 g/mol. The molecule has 1 aromatic heterocycles. The molecule has 0 unspecified atom stereocenters. The molecule has 0 bridgehead atoms. The van der Waals surface area contributed by atoms with Gasteiger partial charge in [-0.1, -0.05) is 0 Å². The molecule has 2 heterocycles. The van der Waals surface area contributed by atoms with Crippen LogP contribution in [-0.2, 0) is 11.3 Å². The number of benzene rings is 1. The van der Waals surface area contributed by atoms with Crippen molar-refractivity contribution < 1.29 is 14.3 Å². The van der Waals surface area contributed by atoms with Crippen LogP contribution >= 0.6 is 0 Å². The Bertz CT molecular complexity index is 798. The van der Waals surface area contributed by atoms with Gasteiger partial charge < -0.3 is 24.8 Å². The first-order valence-corrected chi connectivity index (χ1v) is 10.0. The van der Waals surface area contributed by atoms with Gasteiger partial charge in [0.15, 0.2) is 0 Å². The van der Waals surface area contributed by atoms with E-state index in [0.717, 1.165) is 43.4 Å². The molecular weight excluding hydrogens is 358 g/mol. The first-order valence-electron chi connectivity index (χ1n) is 10.0. The van der Waals surface area contributed by atoms with E-state index in [1.165, 1.54) is 0 Å². The number of imidazole rings is 1. The van der Waals surface area contributed by atoms with Gasteiger partial charge in [0.2, 0.25) is 0 Å². The molecule has 0 spiro atoms. The molecule has 8 nitrogen and oxygen atoms in total. The van der Waals surface area contributed by atoms with Crippen molar-refractivity contribution in [2.75, 3.05) is 39.4 Å². The Morgan fingerprint density at radius 1 is 1.18 bits per heavy atom. The second kappa shape index (κ2) is 10.1. The number of fused-ring (bicyclic) bond motifs is 1. The van der Waals surface area contributed by atoms with E-state index in [2.05, 4.69) is 15.6 Å². The Morgan fingerprint density at radius 3 is 2.75 bits per heavy atom. The second-order valence-electron chi connectivity index (χ2n) is 6.87. The Kier molecular flexibility index (Phi) is 7.25. The van der Waals surface area contributed by atoms with Gasteiger partial charge in [0.25, 0.3) is 5.91 Å². The van der Waals surface area contributed by atoms with Crippen molar-refractivity contribution in [3.8, 4) is 0 Å². The molecule has 1 aliphatic rings. The molecule has 28 heavy (non-hydrogen) atoms. The highest BCUT2D eigenvalue weighted by Gasteiger charge is 2.20. The summed E-state index contributed by atoms with van der Waals surface area (Å²) in [7, 11) is 0. The zero-order valence-corrected chi connectivity index (χ0v) is 16.4. The average Bonchev–Trinajstić information content (AvgIpc) is 3.37. The summed E-state index contributed by atoms with van der Waals surface area (Å²) in [6, 6.07) is 5.46. The van der Waals surface area contributed by atoms with Crippen molar-refractivity contribution >= 4 is 23.0 Å². The maximum atomic E-state index is 12.5. The molecule has 152 valence electrons. The number of likely N-dealkylation sites (tertiary alicyclic amines) is 1. The van der Waals surface area contributed by atoms with Crippen molar-refractivity contribution in [2.45, 2.75) is 32.7 Å². The summed E-state index contributed by atoms with van der Waals surface area (Å²) in [4.78, 5) is 30.6. The lowest BCUT2D eigenvalue weighted by atomic mass is 10.1. The van der Waals surface area contributed by atoms with Gasteiger partial charge in [-0.15, -0.1) is 0 Å². The average molecular weight is 387 g/mol. The van der Waals surface area contributed by atoms with E-state index < -0.39 is 0 Å². The van der Waals surface area contributed by atoms with E-state index in [1.807, 2.05) is 34.6 Å². The third kappa shape index (κ3) is 5.22. The third-order valence-electron chi connectivity index (χ3n) is 4.85. The van der Waals surface area contributed by atoms with Crippen LogP contribution in [0.5, 0.6) is 0 Å². The van der Waals surface area contributed by atoms with Crippen molar-refractivity contribution in [1.82, 2.24) is 25.1 Å². The van der Waals surface area contributed by atoms with Gasteiger partial charge >= 0.3 is 6.03 Å². The van der Waals surface area contributed by atoms with E-state index >= 15 is 0 Å². The fourth-order valence-corrected chi connectivity index (χ4v) is 3.35. The predicted molar refractivity (Wildman–Crippen MR) is 107 cm³/mol. The number of nitrogens with zero attached hydrogens (tertiary/aromatic N) is 3. The smallest absolute Gasteiger partial charge is 0.314 e. The van der Waals surface area contributed by atoms with Crippen molar-refractivity contribution in [1.29, 1.82) is 0 Å². The van der Waals surface area contributed by atoms with E-state index in [1.54, 1.807) is 6.33 Å². The summed E-state index contributed by atoms with van der Waals surface area (Å²) >= 11 is 0. The number of urea groups is 1. The lowest BCUT2D eigenvalue weighted by Crippen LogP contribution is -2.37. The fraction of sp³-hybridized carbons (Fsp3) is 0.550. The van der Waals surface area contributed by atoms with Crippen LogP contribution in [0.25, 0.3) is 11.0 Å². The molecule has 1 aliphatic heterocycles. The van der Waals surface area contributed by atoms with Crippen molar-refractivity contribution in [3.05, 3.63) is 30.1 Å². The first kappa shape index (κ1) is 20.1. The quantitative estimate of drug-likeness (QED) is 0.644. The van der Waals surface area contributed by atoms with Crippen molar-refractivity contribution in [2.24, 2.45) is 0 Å². The highest BCUT2D eigenvalue weighted by Crippen LogP contribution is 2.18. The number of hydrogen-bond acceptors (Lipinski definition) is 4. The van der Waals surface area contributed by atoms with Crippen LogP contribution in [-0.4, -0.2) is 65.8 Å². The van der Waals surface area contributed by atoms with E-state index in [-0.39, 0.29) is 11.9 Å². The molecule has 1 aromatic carbocycles. The molecule has 3 rings (SSSR count). The largest absolute Gasteiger partial charge is 0.382 e. The topological polar surface area (TPSA) is 88.5 Å². The number of carbonyl (C=O) groups excluding carboxylic acids is 2. The fourth-order valence-electron chi connectivity index (χ4n) is 3.35. The Morgan fingerprint density at radius 2 is 1.96 bits per heavy atom. The van der Waals surface area contributed by atoms with Gasteiger partial charge in [0, 0.05) is 51.5 Å². The summed E-state index contributed by atoms with van der Waals surface area (Å²) in [5.41, 5.74) is 2.44. The lowest BCUT2D eigenvalue weighted by molar-refractivity contribution is 0.0793. The Balaban J connectivity index is 1.48. The maximum absolute atomic E-state index is 12.5. The summed E-state index contributed by atoms with van der Waals surface area (Å²) in [5, 5.41) is 5.65.